The van der Waals surface area contributed by atoms with Gasteiger partial charge in [0.2, 0.25) is 0 Å². The molecule has 0 saturated heterocycles. The highest BCUT2D eigenvalue weighted by molar-refractivity contribution is 5.48. The first-order valence-corrected chi connectivity index (χ1v) is 5.75. The van der Waals surface area contributed by atoms with E-state index in [2.05, 4.69) is 34.7 Å². The molecule has 0 spiro atoms. The zero-order valence-corrected chi connectivity index (χ0v) is 10.0. The van der Waals surface area contributed by atoms with Gasteiger partial charge < -0.3 is 5.32 Å². The first-order chi connectivity index (χ1) is 8.34. The summed E-state index contributed by atoms with van der Waals surface area (Å²) in [5.41, 5.74) is 2.30. The van der Waals surface area contributed by atoms with Crippen molar-refractivity contribution in [2.75, 3.05) is 6.54 Å². The molecule has 3 nitrogen and oxygen atoms in total. The minimum absolute atomic E-state index is 0.806. The van der Waals surface area contributed by atoms with E-state index in [0.717, 1.165) is 18.8 Å². The van der Waals surface area contributed by atoms with Crippen molar-refractivity contribution in [3.63, 3.8) is 0 Å². The van der Waals surface area contributed by atoms with Crippen LogP contribution in [0, 0.1) is 0 Å². The van der Waals surface area contributed by atoms with E-state index in [4.69, 9.17) is 0 Å². The molecule has 0 fully saturated rings. The van der Waals surface area contributed by atoms with Gasteiger partial charge in [-0.2, -0.15) is 5.10 Å². The number of aromatic nitrogens is 2. The van der Waals surface area contributed by atoms with Crippen LogP contribution in [-0.4, -0.2) is 16.3 Å². The van der Waals surface area contributed by atoms with Gasteiger partial charge in [0.05, 0.1) is 5.69 Å². The second-order valence-corrected chi connectivity index (χ2v) is 3.92. The van der Waals surface area contributed by atoms with E-state index in [0.29, 0.717) is 0 Å². The minimum atomic E-state index is 0.806. The molecule has 0 bridgehead atoms. The molecule has 1 aromatic heterocycles. The van der Waals surface area contributed by atoms with Gasteiger partial charge in [0.1, 0.15) is 0 Å². The predicted molar refractivity (Wildman–Crippen MR) is 70.4 cm³/mol. The normalized spacial score (nSPS) is 11.1. The molecular formula is C14H17N3. The molecule has 0 aliphatic carbocycles. The summed E-state index contributed by atoms with van der Waals surface area (Å²) in [4.78, 5) is 0. The van der Waals surface area contributed by atoms with Crippen molar-refractivity contribution in [2.24, 2.45) is 7.05 Å². The summed E-state index contributed by atoms with van der Waals surface area (Å²) in [5.74, 6) is 0. The van der Waals surface area contributed by atoms with Gasteiger partial charge in [-0.1, -0.05) is 42.5 Å². The summed E-state index contributed by atoms with van der Waals surface area (Å²) >= 11 is 0. The first-order valence-electron chi connectivity index (χ1n) is 5.75. The molecule has 0 aliphatic rings. The number of nitrogens with zero attached hydrogens (tertiary/aromatic N) is 2. The van der Waals surface area contributed by atoms with Crippen LogP contribution in [0.15, 0.2) is 48.7 Å². The van der Waals surface area contributed by atoms with Crippen molar-refractivity contribution in [2.45, 2.75) is 6.54 Å². The minimum Gasteiger partial charge on any atom is -0.308 e. The van der Waals surface area contributed by atoms with E-state index in [1.807, 2.05) is 42.2 Å². The SMILES string of the molecule is Cn1ccc(CNC/C=C/c2ccccc2)n1. The van der Waals surface area contributed by atoms with Crippen LogP contribution in [0.4, 0.5) is 0 Å². The van der Waals surface area contributed by atoms with Crippen LogP contribution in [-0.2, 0) is 13.6 Å². The second kappa shape index (κ2) is 6.01. The summed E-state index contributed by atoms with van der Waals surface area (Å²) in [6.07, 6.45) is 6.19. The average molecular weight is 227 g/mol. The van der Waals surface area contributed by atoms with Crippen molar-refractivity contribution in [1.29, 1.82) is 0 Å². The molecule has 0 aliphatic heterocycles. The van der Waals surface area contributed by atoms with Crippen LogP contribution in [0.5, 0.6) is 0 Å². The third-order valence-corrected chi connectivity index (χ3v) is 2.45. The molecule has 1 heterocycles. The molecule has 0 saturated carbocycles. The predicted octanol–water partition coefficient (Wildman–Crippen LogP) is 2.22. The van der Waals surface area contributed by atoms with E-state index in [9.17, 15) is 0 Å². The Kier molecular flexibility index (Phi) is 4.11. The van der Waals surface area contributed by atoms with Crippen LogP contribution in [0.25, 0.3) is 6.08 Å². The summed E-state index contributed by atoms with van der Waals surface area (Å²) in [6, 6.07) is 12.3. The van der Waals surface area contributed by atoms with Gasteiger partial charge in [-0.25, -0.2) is 0 Å². The maximum absolute atomic E-state index is 4.30. The molecule has 1 N–H and O–H groups in total. The monoisotopic (exact) mass is 227 g/mol. The van der Waals surface area contributed by atoms with Crippen molar-refractivity contribution in [3.05, 3.63) is 59.9 Å². The number of aryl methyl sites for hydroxylation is 1. The van der Waals surface area contributed by atoms with E-state index in [-0.39, 0.29) is 0 Å². The molecule has 3 heteroatoms. The molecule has 0 radical (unpaired) electrons. The quantitative estimate of drug-likeness (QED) is 0.794. The van der Waals surface area contributed by atoms with Crippen molar-refractivity contribution < 1.29 is 0 Å². The smallest absolute Gasteiger partial charge is 0.0762 e. The molecule has 0 unspecified atom stereocenters. The fourth-order valence-electron chi connectivity index (χ4n) is 1.60. The topological polar surface area (TPSA) is 29.9 Å². The number of hydrogen-bond acceptors (Lipinski definition) is 2. The lowest BCUT2D eigenvalue weighted by molar-refractivity contribution is 0.693. The fraction of sp³-hybridized carbons (Fsp3) is 0.214. The zero-order chi connectivity index (χ0) is 11.9. The Morgan fingerprint density at radius 1 is 1.24 bits per heavy atom. The van der Waals surface area contributed by atoms with Gasteiger partial charge >= 0.3 is 0 Å². The Balaban J connectivity index is 1.71. The van der Waals surface area contributed by atoms with Gasteiger partial charge in [-0.05, 0) is 11.6 Å². The highest BCUT2D eigenvalue weighted by Crippen LogP contribution is 2.00. The average Bonchev–Trinajstić information content (AvgIpc) is 2.76. The van der Waals surface area contributed by atoms with Crippen molar-refractivity contribution in [1.82, 2.24) is 15.1 Å². The van der Waals surface area contributed by atoms with Gasteiger partial charge in [0, 0.05) is 26.3 Å². The third kappa shape index (κ3) is 3.89. The molecule has 2 rings (SSSR count). The van der Waals surface area contributed by atoms with Gasteiger partial charge in [-0.3, -0.25) is 4.68 Å². The Morgan fingerprint density at radius 3 is 2.76 bits per heavy atom. The Hall–Kier alpha value is -1.87. The van der Waals surface area contributed by atoms with Gasteiger partial charge in [-0.15, -0.1) is 0 Å². The van der Waals surface area contributed by atoms with Crippen LogP contribution in [0.2, 0.25) is 0 Å². The number of benzene rings is 1. The third-order valence-electron chi connectivity index (χ3n) is 2.45. The van der Waals surface area contributed by atoms with Crippen LogP contribution in [0.3, 0.4) is 0 Å². The van der Waals surface area contributed by atoms with Gasteiger partial charge in [0.25, 0.3) is 0 Å². The summed E-state index contributed by atoms with van der Waals surface area (Å²) in [5, 5.41) is 7.62. The van der Waals surface area contributed by atoms with Crippen LogP contribution in [0.1, 0.15) is 11.3 Å². The molecule has 17 heavy (non-hydrogen) atoms. The lowest BCUT2D eigenvalue weighted by Gasteiger charge is -1.97. The van der Waals surface area contributed by atoms with E-state index >= 15 is 0 Å². The Morgan fingerprint density at radius 2 is 2.06 bits per heavy atom. The molecule has 0 atom stereocenters. The summed E-state index contributed by atoms with van der Waals surface area (Å²) in [7, 11) is 1.93. The highest BCUT2D eigenvalue weighted by atomic mass is 15.3. The zero-order valence-electron chi connectivity index (χ0n) is 10.0. The fourth-order valence-corrected chi connectivity index (χ4v) is 1.60. The summed E-state index contributed by atoms with van der Waals surface area (Å²) < 4.78 is 1.82. The van der Waals surface area contributed by atoms with E-state index in [1.165, 1.54) is 5.56 Å². The standard InChI is InChI=1S/C14H17N3/c1-17-11-9-14(16-17)12-15-10-5-8-13-6-3-2-4-7-13/h2-9,11,15H,10,12H2,1H3/b8-5+. The maximum Gasteiger partial charge on any atom is 0.0762 e. The molecule has 0 amide bonds. The number of nitrogens with one attached hydrogen (secondary N) is 1. The van der Waals surface area contributed by atoms with Gasteiger partial charge in [0.15, 0.2) is 0 Å². The number of rotatable bonds is 5. The maximum atomic E-state index is 4.30. The molecule has 88 valence electrons. The largest absolute Gasteiger partial charge is 0.308 e. The van der Waals surface area contributed by atoms with E-state index < -0.39 is 0 Å². The van der Waals surface area contributed by atoms with Crippen LogP contribution < -0.4 is 5.32 Å². The van der Waals surface area contributed by atoms with Crippen molar-refractivity contribution >= 4 is 6.08 Å². The second-order valence-electron chi connectivity index (χ2n) is 3.92. The lowest BCUT2D eigenvalue weighted by Crippen LogP contribution is -2.13. The molecular weight excluding hydrogens is 210 g/mol. The Bertz CT molecular complexity index is 471. The highest BCUT2D eigenvalue weighted by Gasteiger charge is 1.93. The molecule has 1 aromatic carbocycles. The van der Waals surface area contributed by atoms with E-state index in [1.54, 1.807) is 0 Å². The Labute approximate surface area is 102 Å². The lowest BCUT2D eigenvalue weighted by atomic mass is 10.2. The molecule has 2 aromatic rings. The van der Waals surface area contributed by atoms with Crippen molar-refractivity contribution in [3.8, 4) is 0 Å². The van der Waals surface area contributed by atoms with Crippen LogP contribution >= 0.6 is 0 Å². The summed E-state index contributed by atoms with van der Waals surface area (Å²) in [6.45, 7) is 1.66. The first kappa shape index (κ1) is 11.6. The number of hydrogen-bond donors (Lipinski definition) is 1.